The van der Waals surface area contributed by atoms with E-state index in [1.165, 1.54) is 0 Å². The van der Waals surface area contributed by atoms with Gasteiger partial charge in [0.25, 0.3) is 11.8 Å². The van der Waals surface area contributed by atoms with Crippen molar-refractivity contribution in [1.82, 2.24) is 49.7 Å². The van der Waals surface area contributed by atoms with Crippen molar-refractivity contribution in [3.05, 3.63) is 96.4 Å². The van der Waals surface area contributed by atoms with Crippen LogP contribution in [0, 0.1) is 0 Å². The number of para-hydroxylation sites is 4. The Labute approximate surface area is 328 Å². The fourth-order valence-electron chi connectivity index (χ4n) is 7.96. The third-order valence-electron chi connectivity index (χ3n) is 11.5. The van der Waals surface area contributed by atoms with Crippen LogP contribution >= 0.6 is 0 Å². The molecule has 2 amide bonds. The highest BCUT2D eigenvalue weighted by atomic mass is 16.3. The number of carbonyl (C=O) groups excluding carboxylic acids is 3. The number of amides is 2. The zero-order chi connectivity index (χ0) is 39.1. The standard InChI is InChI=1S/C21H24N6O2.C20H20N6O2/c1-21(29)6-10-26(11-7-21)19-17(22-8-9-23-19)14-12-27(13-14)20(28)18-24-15-4-2-3-5-16(15)25-18;27-14-5-9-25(10-6-14)19-17(21-7-8-22-19)13-11-26(12-13)20(28)18-23-15-3-1-2-4-16(15)24-18/h2-5,8-9,14,29H,6-7,10-13H2,1H3,(H,24,25);1-4,7-8,13H,5-6,9-12H2,(H,23,24). The highest BCUT2D eigenvalue weighted by Gasteiger charge is 2.39. The molecule has 0 spiro atoms. The van der Waals surface area contributed by atoms with Gasteiger partial charge in [-0.25, -0.2) is 19.9 Å². The number of likely N-dealkylation sites (tertiary alicyclic amines) is 2. The van der Waals surface area contributed by atoms with Crippen molar-refractivity contribution in [2.45, 2.75) is 50.0 Å². The van der Waals surface area contributed by atoms with Crippen LogP contribution in [-0.4, -0.2) is 130 Å². The number of piperidine rings is 2. The lowest BCUT2D eigenvalue weighted by Gasteiger charge is -2.41. The number of aromatic amines is 2. The number of carbonyl (C=O) groups is 3. The first-order chi connectivity index (χ1) is 27.7. The molecule has 8 heterocycles. The van der Waals surface area contributed by atoms with E-state index in [0.717, 1.165) is 58.2 Å². The predicted octanol–water partition coefficient (Wildman–Crippen LogP) is 3.71. The zero-order valence-corrected chi connectivity index (χ0v) is 31.7. The topological polar surface area (TPSA) is 193 Å². The number of nitrogens with one attached hydrogen (secondary N) is 2. The predicted molar refractivity (Wildman–Crippen MR) is 212 cm³/mol. The van der Waals surface area contributed by atoms with E-state index in [4.69, 9.17) is 0 Å². The van der Waals surface area contributed by atoms with Gasteiger partial charge in [-0.2, -0.15) is 0 Å². The molecule has 16 heteroatoms. The lowest BCUT2D eigenvalue weighted by Crippen LogP contribution is -2.50. The summed E-state index contributed by atoms with van der Waals surface area (Å²) in [4.78, 5) is 78.2. The Bertz CT molecular complexity index is 2360. The minimum absolute atomic E-state index is 0.0862. The quantitative estimate of drug-likeness (QED) is 0.223. The first-order valence-corrected chi connectivity index (χ1v) is 19.5. The molecule has 4 fully saturated rings. The summed E-state index contributed by atoms with van der Waals surface area (Å²) in [7, 11) is 0. The highest BCUT2D eigenvalue weighted by molar-refractivity contribution is 5.95. The van der Waals surface area contributed by atoms with E-state index in [1.807, 2.05) is 55.5 Å². The summed E-state index contributed by atoms with van der Waals surface area (Å²) in [5.74, 6) is 2.89. The molecule has 4 aromatic heterocycles. The van der Waals surface area contributed by atoms with Gasteiger partial charge < -0.3 is 34.7 Å². The van der Waals surface area contributed by atoms with Crippen LogP contribution in [-0.2, 0) is 4.79 Å². The summed E-state index contributed by atoms with van der Waals surface area (Å²) in [6, 6.07) is 15.3. The number of aliphatic hydroxyl groups is 1. The molecule has 57 heavy (non-hydrogen) atoms. The van der Waals surface area contributed by atoms with Crippen LogP contribution in [0.1, 0.15) is 77.1 Å². The van der Waals surface area contributed by atoms with Crippen LogP contribution < -0.4 is 9.80 Å². The number of anilines is 2. The second-order valence-corrected chi connectivity index (χ2v) is 15.6. The van der Waals surface area contributed by atoms with Crippen molar-refractivity contribution in [1.29, 1.82) is 0 Å². The van der Waals surface area contributed by atoms with Crippen LogP contribution in [0.3, 0.4) is 0 Å². The molecule has 0 bridgehead atoms. The number of ketones is 1. The molecule has 2 aromatic carbocycles. The molecular formula is C41H44N12O4. The largest absolute Gasteiger partial charge is 0.390 e. The third-order valence-corrected chi connectivity index (χ3v) is 11.5. The lowest BCUT2D eigenvalue weighted by atomic mass is 9.92. The number of Topliss-reactive ketones (excluding diaryl/α,β-unsaturated/α-hetero) is 1. The smallest absolute Gasteiger partial charge is 0.289 e. The summed E-state index contributed by atoms with van der Waals surface area (Å²) < 4.78 is 0. The van der Waals surface area contributed by atoms with Gasteiger partial charge in [-0.15, -0.1) is 0 Å². The third kappa shape index (κ3) is 7.39. The maximum atomic E-state index is 12.8. The van der Waals surface area contributed by atoms with Gasteiger partial charge >= 0.3 is 0 Å². The molecule has 4 aliphatic rings. The first kappa shape index (κ1) is 36.4. The number of H-pyrrole nitrogens is 2. The average Bonchev–Trinajstić information content (AvgIpc) is 3.83. The summed E-state index contributed by atoms with van der Waals surface area (Å²) in [5, 5.41) is 10.2. The molecule has 16 nitrogen and oxygen atoms in total. The number of nitrogens with zero attached hydrogens (tertiary/aromatic N) is 10. The number of imidazole rings is 2. The average molecular weight is 769 g/mol. The van der Waals surface area contributed by atoms with E-state index in [1.54, 1.807) is 34.6 Å². The number of benzene rings is 2. The summed E-state index contributed by atoms with van der Waals surface area (Å²) in [6.07, 6.45) is 9.33. The van der Waals surface area contributed by atoms with E-state index in [2.05, 4.69) is 49.7 Å². The summed E-state index contributed by atoms with van der Waals surface area (Å²) in [6.45, 7) is 7.15. The Hall–Kier alpha value is -6.29. The number of hydrogen-bond donors (Lipinski definition) is 3. The maximum Gasteiger partial charge on any atom is 0.289 e. The van der Waals surface area contributed by atoms with Gasteiger partial charge in [0.1, 0.15) is 5.78 Å². The van der Waals surface area contributed by atoms with Crippen LogP contribution in [0.15, 0.2) is 73.3 Å². The zero-order valence-electron chi connectivity index (χ0n) is 31.7. The van der Waals surface area contributed by atoms with Crippen molar-refractivity contribution in [3.63, 3.8) is 0 Å². The number of aromatic nitrogens is 8. The van der Waals surface area contributed by atoms with Crippen molar-refractivity contribution >= 4 is 51.3 Å². The van der Waals surface area contributed by atoms with Crippen LogP contribution in [0.5, 0.6) is 0 Å². The molecule has 0 saturated carbocycles. The van der Waals surface area contributed by atoms with Gasteiger partial charge in [0.05, 0.1) is 39.1 Å². The highest BCUT2D eigenvalue weighted by Crippen LogP contribution is 2.35. The monoisotopic (exact) mass is 768 g/mol. The van der Waals surface area contributed by atoms with Gasteiger partial charge in [0.2, 0.25) is 0 Å². The molecule has 292 valence electrons. The Morgan fingerprint density at radius 2 is 1.07 bits per heavy atom. The van der Waals surface area contributed by atoms with E-state index >= 15 is 0 Å². The first-order valence-electron chi connectivity index (χ1n) is 19.5. The van der Waals surface area contributed by atoms with Gasteiger partial charge in [-0.3, -0.25) is 24.4 Å². The minimum atomic E-state index is -0.606. The molecule has 0 radical (unpaired) electrons. The van der Waals surface area contributed by atoms with E-state index in [-0.39, 0.29) is 23.7 Å². The molecule has 4 aliphatic heterocycles. The Morgan fingerprint density at radius 1 is 0.649 bits per heavy atom. The molecule has 10 rings (SSSR count). The molecule has 3 N–H and O–H groups in total. The molecule has 6 aromatic rings. The maximum absolute atomic E-state index is 12.8. The Balaban J connectivity index is 0.000000148. The fourth-order valence-corrected chi connectivity index (χ4v) is 7.96. The molecule has 0 unspecified atom stereocenters. The summed E-state index contributed by atoms with van der Waals surface area (Å²) >= 11 is 0. The normalized spacial score (nSPS) is 18.6. The van der Waals surface area contributed by atoms with Gasteiger partial charge in [0, 0.05) is 102 Å². The minimum Gasteiger partial charge on any atom is -0.390 e. The Kier molecular flexibility index (Phi) is 9.56. The van der Waals surface area contributed by atoms with Crippen LogP contribution in [0.4, 0.5) is 11.6 Å². The van der Waals surface area contributed by atoms with Crippen molar-refractivity contribution in [2.24, 2.45) is 0 Å². The number of fused-ring (bicyclic) bond motifs is 2. The second-order valence-electron chi connectivity index (χ2n) is 15.6. The van der Waals surface area contributed by atoms with E-state index in [0.29, 0.717) is 82.4 Å². The number of rotatable bonds is 6. The van der Waals surface area contributed by atoms with Gasteiger partial charge in [-0.1, -0.05) is 24.3 Å². The van der Waals surface area contributed by atoms with Crippen LogP contribution in [0.2, 0.25) is 0 Å². The molecule has 0 aliphatic carbocycles. The number of hydrogen-bond acceptors (Lipinski definition) is 12. The van der Waals surface area contributed by atoms with Crippen LogP contribution in [0.25, 0.3) is 22.1 Å². The molecule has 0 atom stereocenters. The second kappa shape index (κ2) is 15.0. The lowest BCUT2D eigenvalue weighted by molar-refractivity contribution is -0.119. The van der Waals surface area contributed by atoms with E-state index < -0.39 is 5.60 Å². The van der Waals surface area contributed by atoms with Gasteiger partial charge in [-0.05, 0) is 44.0 Å². The van der Waals surface area contributed by atoms with Gasteiger partial charge in [0.15, 0.2) is 23.3 Å². The summed E-state index contributed by atoms with van der Waals surface area (Å²) in [5.41, 5.74) is 4.55. The van der Waals surface area contributed by atoms with Crippen molar-refractivity contribution in [2.75, 3.05) is 62.2 Å². The fraction of sp³-hybridized carbons (Fsp3) is 0.390. The van der Waals surface area contributed by atoms with Crippen molar-refractivity contribution < 1.29 is 19.5 Å². The SMILES string of the molecule is CC1(O)CCN(c2nccnc2C2CN(C(=O)c3nc4ccccc4[nH]3)C2)CC1.O=C1CCN(c2nccnc2C2CN(C(=O)c3nc4ccccc4[nH]3)C2)CC1. The van der Waals surface area contributed by atoms with Crippen molar-refractivity contribution in [3.8, 4) is 0 Å². The molecule has 4 saturated heterocycles. The van der Waals surface area contributed by atoms with E-state index in [9.17, 15) is 19.5 Å². The molecular weight excluding hydrogens is 725 g/mol. The Morgan fingerprint density at radius 3 is 1.53 bits per heavy atom.